The highest BCUT2D eigenvalue weighted by atomic mass is 16.6. The first-order valence-electron chi connectivity index (χ1n) is 4.49. The number of ether oxygens (including phenoxy) is 1. The zero-order valence-electron chi connectivity index (χ0n) is 8.93. The third-order valence-corrected chi connectivity index (χ3v) is 1.77. The lowest BCUT2D eigenvalue weighted by molar-refractivity contribution is -0.411. The van der Waals surface area contributed by atoms with E-state index in [-0.39, 0.29) is 6.61 Å². The molecule has 0 aliphatic carbocycles. The minimum atomic E-state index is -1.08. The van der Waals surface area contributed by atoms with Crippen molar-refractivity contribution in [3.8, 4) is 5.75 Å². The Bertz CT molecular complexity index is 494. The van der Waals surface area contributed by atoms with E-state index in [0.717, 1.165) is 0 Å². The maximum absolute atomic E-state index is 10.7. The lowest BCUT2D eigenvalue weighted by Gasteiger charge is -2.04. The Morgan fingerprint density at radius 3 is 2.17 bits per heavy atom. The summed E-state index contributed by atoms with van der Waals surface area (Å²) in [5.74, 6) is -2.74. The Labute approximate surface area is 98.5 Å². The van der Waals surface area contributed by atoms with Crippen molar-refractivity contribution in [2.75, 3.05) is 6.61 Å². The van der Waals surface area contributed by atoms with Crippen molar-refractivity contribution in [1.82, 2.24) is 4.98 Å². The molecule has 1 aromatic rings. The minimum Gasteiger partial charge on any atom is -0.481 e. The van der Waals surface area contributed by atoms with E-state index < -0.39 is 37.8 Å². The summed E-state index contributed by atoms with van der Waals surface area (Å²) >= 11 is 0. The quantitative estimate of drug-likeness (QED) is 0.564. The average molecular weight is 258 g/mol. The third kappa shape index (κ3) is 2.45. The second-order valence-electron chi connectivity index (χ2n) is 2.86. The fraction of sp³-hybridized carbons (Fsp3) is 0.286. The molecule has 1 aromatic heterocycles. The van der Waals surface area contributed by atoms with Crippen molar-refractivity contribution in [2.45, 2.75) is 6.92 Å². The zero-order valence-corrected chi connectivity index (χ0v) is 8.93. The number of nitro groups is 3. The summed E-state index contributed by atoms with van der Waals surface area (Å²) in [6.07, 6.45) is 0. The van der Waals surface area contributed by atoms with Gasteiger partial charge < -0.3 is 25.0 Å². The number of pyridine rings is 1. The smallest absolute Gasteiger partial charge is 0.418 e. The van der Waals surface area contributed by atoms with Crippen LogP contribution in [0.5, 0.6) is 5.75 Å². The number of rotatable bonds is 5. The Morgan fingerprint density at radius 2 is 1.78 bits per heavy atom. The van der Waals surface area contributed by atoms with Crippen molar-refractivity contribution in [3.05, 3.63) is 36.4 Å². The van der Waals surface area contributed by atoms with Crippen LogP contribution < -0.4 is 4.74 Å². The molecule has 11 heteroatoms. The Balaban J connectivity index is 3.59. The monoisotopic (exact) mass is 258 g/mol. The molecular weight excluding hydrogens is 252 g/mol. The van der Waals surface area contributed by atoms with E-state index in [0.29, 0.717) is 6.07 Å². The number of hydrogen-bond donors (Lipinski definition) is 0. The van der Waals surface area contributed by atoms with Gasteiger partial charge in [0, 0.05) is 4.98 Å². The first-order valence-corrected chi connectivity index (χ1v) is 4.49. The fourth-order valence-corrected chi connectivity index (χ4v) is 1.13. The Morgan fingerprint density at radius 1 is 1.17 bits per heavy atom. The van der Waals surface area contributed by atoms with Gasteiger partial charge >= 0.3 is 17.3 Å². The van der Waals surface area contributed by atoms with Crippen LogP contribution in [0, 0.1) is 30.3 Å². The van der Waals surface area contributed by atoms with E-state index in [1.54, 1.807) is 0 Å². The van der Waals surface area contributed by atoms with E-state index in [9.17, 15) is 30.3 Å². The van der Waals surface area contributed by atoms with Gasteiger partial charge in [-0.05, 0) is 16.8 Å². The highest BCUT2D eigenvalue weighted by Crippen LogP contribution is 2.37. The average Bonchev–Trinajstić information content (AvgIpc) is 2.28. The molecule has 18 heavy (non-hydrogen) atoms. The molecule has 0 radical (unpaired) electrons. The van der Waals surface area contributed by atoms with Gasteiger partial charge in [-0.2, -0.15) is 0 Å². The molecule has 0 spiro atoms. The SMILES string of the molecule is CCOc1c([N+](=O)[O-])cc([N+](=O)[O-])nc1[N+](=O)[O-]. The van der Waals surface area contributed by atoms with E-state index in [2.05, 4.69) is 4.98 Å². The normalized spacial score (nSPS) is 9.83. The number of nitrogens with zero attached hydrogens (tertiary/aromatic N) is 4. The van der Waals surface area contributed by atoms with Crippen LogP contribution in [-0.4, -0.2) is 26.4 Å². The maximum atomic E-state index is 10.7. The molecule has 0 atom stereocenters. The standard InChI is InChI=1S/C7H6N4O7/c1-2-18-6-4(9(12)13)3-5(10(14)15)8-7(6)11(16)17/h3H,2H2,1H3. The minimum absolute atomic E-state index is 0.0822. The van der Waals surface area contributed by atoms with Crippen LogP contribution in [-0.2, 0) is 0 Å². The second-order valence-corrected chi connectivity index (χ2v) is 2.86. The summed E-state index contributed by atoms with van der Waals surface area (Å²) in [4.78, 5) is 31.8. The Hall–Kier alpha value is -2.85. The van der Waals surface area contributed by atoms with Gasteiger partial charge in [0.25, 0.3) is 5.75 Å². The number of aromatic nitrogens is 1. The summed E-state index contributed by atoms with van der Waals surface area (Å²) in [6, 6.07) is 0.512. The van der Waals surface area contributed by atoms with Gasteiger partial charge in [-0.1, -0.05) is 0 Å². The molecule has 96 valence electrons. The molecule has 0 aromatic carbocycles. The summed E-state index contributed by atoms with van der Waals surface area (Å²) in [5.41, 5.74) is -0.870. The van der Waals surface area contributed by atoms with Crippen LogP contribution in [0.25, 0.3) is 0 Å². The summed E-state index contributed by atoms with van der Waals surface area (Å²) in [5, 5.41) is 31.8. The van der Waals surface area contributed by atoms with Crippen LogP contribution in [0.3, 0.4) is 0 Å². The summed E-state index contributed by atoms with van der Waals surface area (Å²) < 4.78 is 4.76. The molecule has 11 nitrogen and oxygen atoms in total. The summed E-state index contributed by atoms with van der Waals surface area (Å²) in [6.45, 7) is 1.37. The molecule has 0 aliphatic rings. The molecule has 0 fully saturated rings. The van der Waals surface area contributed by atoms with Crippen molar-refractivity contribution < 1.29 is 19.5 Å². The fourth-order valence-electron chi connectivity index (χ4n) is 1.13. The van der Waals surface area contributed by atoms with Crippen molar-refractivity contribution >= 4 is 17.3 Å². The molecule has 0 bridgehead atoms. The van der Waals surface area contributed by atoms with Gasteiger partial charge in [-0.15, -0.1) is 0 Å². The third-order valence-electron chi connectivity index (χ3n) is 1.77. The maximum Gasteiger partial charge on any atom is 0.418 e. The van der Waals surface area contributed by atoms with Gasteiger partial charge in [0.2, 0.25) is 0 Å². The predicted octanol–water partition coefficient (Wildman–Crippen LogP) is 1.20. The van der Waals surface area contributed by atoms with Crippen LogP contribution in [0.15, 0.2) is 6.07 Å². The van der Waals surface area contributed by atoms with Crippen LogP contribution in [0.2, 0.25) is 0 Å². The molecular formula is C7H6N4O7. The molecule has 0 saturated carbocycles. The predicted molar refractivity (Wildman–Crippen MR) is 55.4 cm³/mol. The Kier molecular flexibility index (Phi) is 3.66. The van der Waals surface area contributed by atoms with Gasteiger partial charge in [0.1, 0.15) is 6.07 Å². The highest BCUT2D eigenvalue weighted by molar-refractivity contribution is 5.59. The van der Waals surface area contributed by atoms with E-state index in [1.807, 2.05) is 0 Å². The van der Waals surface area contributed by atoms with Crippen molar-refractivity contribution in [2.24, 2.45) is 0 Å². The molecule has 0 amide bonds. The lowest BCUT2D eigenvalue weighted by atomic mass is 10.3. The first-order chi connectivity index (χ1) is 8.38. The van der Waals surface area contributed by atoms with Crippen molar-refractivity contribution in [1.29, 1.82) is 0 Å². The number of hydrogen-bond acceptors (Lipinski definition) is 8. The topological polar surface area (TPSA) is 152 Å². The molecule has 0 unspecified atom stereocenters. The van der Waals surface area contributed by atoms with Crippen molar-refractivity contribution in [3.63, 3.8) is 0 Å². The van der Waals surface area contributed by atoms with Gasteiger partial charge in [-0.3, -0.25) is 10.1 Å². The van der Waals surface area contributed by atoms with E-state index in [4.69, 9.17) is 4.74 Å². The van der Waals surface area contributed by atoms with Gasteiger partial charge in [0.05, 0.1) is 11.5 Å². The van der Waals surface area contributed by atoms with Gasteiger partial charge in [0.15, 0.2) is 0 Å². The van der Waals surface area contributed by atoms with Crippen LogP contribution in [0.4, 0.5) is 17.3 Å². The molecule has 0 N–H and O–H groups in total. The largest absolute Gasteiger partial charge is 0.481 e. The van der Waals surface area contributed by atoms with Gasteiger partial charge in [-0.25, -0.2) is 0 Å². The first kappa shape index (κ1) is 13.2. The lowest BCUT2D eigenvalue weighted by Crippen LogP contribution is -2.05. The van der Waals surface area contributed by atoms with Crippen LogP contribution in [0.1, 0.15) is 6.92 Å². The zero-order chi connectivity index (χ0) is 13.9. The van der Waals surface area contributed by atoms with E-state index in [1.165, 1.54) is 6.92 Å². The molecule has 1 rings (SSSR count). The van der Waals surface area contributed by atoms with Crippen LogP contribution >= 0.6 is 0 Å². The molecule has 0 aliphatic heterocycles. The summed E-state index contributed by atoms with van der Waals surface area (Å²) in [7, 11) is 0. The second kappa shape index (κ2) is 4.99. The molecule has 0 saturated heterocycles. The van der Waals surface area contributed by atoms with E-state index >= 15 is 0 Å². The molecule has 1 heterocycles. The highest BCUT2D eigenvalue weighted by Gasteiger charge is 2.33.